The molecule has 102 valence electrons. The highest BCUT2D eigenvalue weighted by Crippen LogP contribution is 2.29. The van der Waals surface area contributed by atoms with Crippen LogP contribution in [0.1, 0.15) is 30.1 Å². The molecule has 1 aromatic rings. The Morgan fingerprint density at radius 1 is 1.39 bits per heavy atom. The molecule has 1 unspecified atom stereocenters. The van der Waals surface area contributed by atoms with Crippen LogP contribution in [0.4, 0.5) is 13.2 Å². The summed E-state index contributed by atoms with van der Waals surface area (Å²) in [6.07, 6.45) is -1.87. The zero-order valence-electron chi connectivity index (χ0n) is 10.4. The normalized spacial score (nSPS) is 13.6. The van der Waals surface area contributed by atoms with E-state index in [0.29, 0.717) is 12.3 Å². The molecule has 0 saturated carbocycles. The van der Waals surface area contributed by atoms with E-state index < -0.39 is 11.7 Å². The average molecular weight is 262 g/mol. The van der Waals surface area contributed by atoms with Gasteiger partial charge in [-0.2, -0.15) is 13.2 Å². The smallest absolute Gasteiger partial charge is 0.385 e. The van der Waals surface area contributed by atoms with E-state index in [2.05, 4.69) is 10.3 Å². The Morgan fingerprint density at radius 2 is 2.11 bits per heavy atom. The van der Waals surface area contributed by atoms with Crippen LogP contribution in [-0.2, 0) is 10.9 Å². The Balaban J connectivity index is 2.69. The molecule has 0 radical (unpaired) electrons. The number of nitrogens with zero attached hydrogens (tertiary/aromatic N) is 1. The van der Waals surface area contributed by atoms with Crippen molar-refractivity contribution >= 4 is 0 Å². The first-order chi connectivity index (χ1) is 8.49. The number of hydrogen-bond donors (Lipinski definition) is 1. The van der Waals surface area contributed by atoms with Crippen molar-refractivity contribution in [2.45, 2.75) is 25.1 Å². The molecule has 0 fully saturated rings. The molecule has 0 aliphatic carbocycles. The lowest BCUT2D eigenvalue weighted by Gasteiger charge is -2.16. The van der Waals surface area contributed by atoms with E-state index in [1.807, 2.05) is 0 Å². The van der Waals surface area contributed by atoms with Crippen molar-refractivity contribution in [1.82, 2.24) is 10.3 Å². The molecule has 6 heteroatoms. The molecular formula is C12H17F3N2O. The summed E-state index contributed by atoms with van der Waals surface area (Å²) in [5.41, 5.74) is -0.111. The van der Waals surface area contributed by atoms with Gasteiger partial charge in [-0.05, 0) is 32.0 Å². The van der Waals surface area contributed by atoms with Gasteiger partial charge in [-0.3, -0.25) is 4.98 Å². The molecule has 0 saturated heterocycles. The van der Waals surface area contributed by atoms with Gasteiger partial charge in [-0.1, -0.05) is 0 Å². The van der Waals surface area contributed by atoms with Crippen LogP contribution in [-0.4, -0.2) is 25.7 Å². The molecular weight excluding hydrogens is 245 g/mol. The Kier molecular flexibility index (Phi) is 5.55. The number of nitrogens with one attached hydrogen (secondary N) is 1. The zero-order chi connectivity index (χ0) is 13.6. The summed E-state index contributed by atoms with van der Waals surface area (Å²) in [7, 11) is 3.38. The molecule has 1 rings (SSSR count). The summed E-state index contributed by atoms with van der Waals surface area (Å²) < 4.78 is 42.1. The van der Waals surface area contributed by atoms with Gasteiger partial charge in [0.15, 0.2) is 0 Å². The molecule has 1 heterocycles. The summed E-state index contributed by atoms with van der Waals surface area (Å²) in [5.74, 6) is 0. The number of methoxy groups -OCH3 is 1. The van der Waals surface area contributed by atoms with E-state index in [1.165, 1.54) is 6.07 Å². The predicted molar refractivity (Wildman–Crippen MR) is 62.1 cm³/mol. The number of pyridine rings is 1. The molecule has 0 amide bonds. The second-order valence-corrected chi connectivity index (χ2v) is 3.95. The molecule has 0 aliphatic heterocycles. The third kappa shape index (κ3) is 4.27. The molecule has 0 bridgehead atoms. The summed E-state index contributed by atoms with van der Waals surface area (Å²) in [6, 6.07) is 2.42. The van der Waals surface area contributed by atoms with Crippen LogP contribution in [0.25, 0.3) is 0 Å². The second-order valence-electron chi connectivity index (χ2n) is 3.95. The van der Waals surface area contributed by atoms with Crippen LogP contribution >= 0.6 is 0 Å². The number of alkyl halides is 3. The average Bonchev–Trinajstić information content (AvgIpc) is 2.34. The minimum absolute atomic E-state index is 0.0533. The molecule has 0 aliphatic rings. The predicted octanol–water partition coefficient (Wildman–Crippen LogP) is 2.79. The fourth-order valence-corrected chi connectivity index (χ4v) is 1.65. The van der Waals surface area contributed by atoms with Crippen molar-refractivity contribution in [2.75, 3.05) is 20.8 Å². The van der Waals surface area contributed by atoms with Crippen LogP contribution in [0.3, 0.4) is 0 Å². The SMILES string of the molecule is CNC(CCCOC)c1ccc(C(F)(F)F)cn1. The van der Waals surface area contributed by atoms with Gasteiger partial charge in [0, 0.05) is 26.0 Å². The number of rotatable bonds is 6. The fourth-order valence-electron chi connectivity index (χ4n) is 1.65. The quantitative estimate of drug-likeness (QED) is 0.800. The largest absolute Gasteiger partial charge is 0.417 e. The molecule has 3 nitrogen and oxygen atoms in total. The summed E-state index contributed by atoms with van der Waals surface area (Å²) in [4.78, 5) is 3.87. The summed E-state index contributed by atoms with van der Waals surface area (Å²) >= 11 is 0. The van der Waals surface area contributed by atoms with Crippen molar-refractivity contribution in [3.63, 3.8) is 0 Å². The third-order valence-electron chi connectivity index (χ3n) is 2.66. The Bertz CT molecular complexity index is 351. The van der Waals surface area contributed by atoms with E-state index >= 15 is 0 Å². The van der Waals surface area contributed by atoms with Gasteiger partial charge in [0.05, 0.1) is 11.3 Å². The minimum atomic E-state index is -4.34. The van der Waals surface area contributed by atoms with Crippen LogP contribution in [0, 0.1) is 0 Å². The second kappa shape index (κ2) is 6.70. The third-order valence-corrected chi connectivity index (χ3v) is 2.66. The molecule has 1 aromatic heterocycles. The van der Waals surface area contributed by atoms with Crippen molar-refractivity contribution in [3.05, 3.63) is 29.6 Å². The lowest BCUT2D eigenvalue weighted by Crippen LogP contribution is -2.18. The number of aromatic nitrogens is 1. The molecule has 18 heavy (non-hydrogen) atoms. The van der Waals surface area contributed by atoms with Gasteiger partial charge in [-0.25, -0.2) is 0 Å². The van der Waals surface area contributed by atoms with E-state index in [1.54, 1.807) is 14.2 Å². The molecule has 1 atom stereocenters. The number of halogens is 3. The standard InChI is InChI=1S/C12H17F3N2O/c1-16-10(4-3-7-18-2)11-6-5-9(8-17-11)12(13,14)15/h5-6,8,10,16H,3-4,7H2,1-2H3. The molecule has 0 spiro atoms. The Morgan fingerprint density at radius 3 is 2.56 bits per heavy atom. The highest BCUT2D eigenvalue weighted by molar-refractivity contribution is 5.18. The minimum Gasteiger partial charge on any atom is -0.385 e. The van der Waals surface area contributed by atoms with E-state index in [4.69, 9.17) is 4.74 Å². The van der Waals surface area contributed by atoms with Gasteiger partial charge in [0.1, 0.15) is 0 Å². The topological polar surface area (TPSA) is 34.1 Å². The van der Waals surface area contributed by atoms with Crippen molar-refractivity contribution in [3.8, 4) is 0 Å². The fraction of sp³-hybridized carbons (Fsp3) is 0.583. The summed E-state index contributed by atoms with van der Waals surface area (Å²) in [5, 5.41) is 3.04. The van der Waals surface area contributed by atoms with Crippen molar-refractivity contribution < 1.29 is 17.9 Å². The van der Waals surface area contributed by atoms with Crippen molar-refractivity contribution in [1.29, 1.82) is 0 Å². The lowest BCUT2D eigenvalue weighted by molar-refractivity contribution is -0.137. The van der Waals surface area contributed by atoms with Gasteiger partial charge in [-0.15, -0.1) is 0 Å². The highest BCUT2D eigenvalue weighted by Gasteiger charge is 2.30. The number of hydrogen-bond acceptors (Lipinski definition) is 3. The first-order valence-corrected chi connectivity index (χ1v) is 5.68. The molecule has 1 N–H and O–H groups in total. The van der Waals surface area contributed by atoms with Crippen LogP contribution in [0.5, 0.6) is 0 Å². The lowest BCUT2D eigenvalue weighted by atomic mass is 10.1. The Labute approximate surface area is 104 Å². The first-order valence-electron chi connectivity index (χ1n) is 5.68. The summed E-state index contributed by atoms with van der Waals surface area (Å²) in [6.45, 7) is 0.624. The van der Waals surface area contributed by atoms with E-state index in [-0.39, 0.29) is 6.04 Å². The number of ether oxygens (including phenoxy) is 1. The van der Waals surface area contributed by atoms with E-state index in [0.717, 1.165) is 25.1 Å². The van der Waals surface area contributed by atoms with Gasteiger partial charge >= 0.3 is 6.18 Å². The van der Waals surface area contributed by atoms with E-state index in [9.17, 15) is 13.2 Å². The zero-order valence-corrected chi connectivity index (χ0v) is 10.4. The van der Waals surface area contributed by atoms with Crippen LogP contribution < -0.4 is 5.32 Å². The van der Waals surface area contributed by atoms with Gasteiger partial charge in [0.25, 0.3) is 0 Å². The highest BCUT2D eigenvalue weighted by atomic mass is 19.4. The maximum Gasteiger partial charge on any atom is 0.417 e. The van der Waals surface area contributed by atoms with Crippen LogP contribution in [0.2, 0.25) is 0 Å². The van der Waals surface area contributed by atoms with Gasteiger partial charge < -0.3 is 10.1 Å². The van der Waals surface area contributed by atoms with Crippen LogP contribution in [0.15, 0.2) is 18.3 Å². The maximum absolute atomic E-state index is 12.4. The monoisotopic (exact) mass is 262 g/mol. The molecule has 0 aromatic carbocycles. The Hall–Kier alpha value is -1.14. The van der Waals surface area contributed by atoms with Gasteiger partial charge in [0.2, 0.25) is 0 Å². The first kappa shape index (κ1) is 14.9. The van der Waals surface area contributed by atoms with Crippen molar-refractivity contribution in [2.24, 2.45) is 0 Å². The maximum atomic E-state index is 12.4.